The second-order valence-electron chi connectivity index (χ2n) is 4.56. The number of rotatable bonds is 3. The lowest BCUT2D eigenvalue weighted by Crippen LogP contribution is -2.13. The fourth-order valence-electron chi connectivity index (χ4n) is 2.06. The molecule has 2 N–H and O–H groups in total. The molecule has 3 aromatic rings. The topological polar surface area (TPSA) is 52.0 Å². The summed E-state index contributed by atoms with van der Waals surface area (Å²) in [5.74, 6) is 0.0613. The van der Waals surface area contributed by atoms with Gasteiger partial charge in [-0.2, -0.15) is 0 Å². The van der Waals surface area contributed by atoms with Gasteiger partial charge < -0.3 is 10.2 Å². The summed E-state index contributed by atoms with van der Waals surface area (Å²) in [6.45, 7) is 0. The predicted molar refractivity (Wildman–Crippen MR) is 76.1 cm³/mol. The molecular weight excluding hydrogens is 279 g/mol. The van der Waals surface area contributed by atoms with Crippen molar-refractivity contribution < 1.29 is 8.81 Å². The van der Waals surface area contributed by atoms with Crippen molar-refractivity contribution in [2.24, 2.45) is 5.73 Å². The highest BCUT2D eigenvalue weighted by Gasteiger charge is 2.13. The Morgan fingerprint density at radius 3 is 2.80 bits per heavy atom. The molecule has 20 heavy (non-hydrogen) atoms. The van der Waals surface area contributed by atoms with Gasteiger partial charge in [0, 0.05) is 12.5 Å². The zero-order valence-corrected chi connectivity index (χ0v) is 11.3. The van der Waals surface area contributed by atoms with Crippen molar-refractivity contribution in [3.05, 3.63) is 64.8 Å². The van der Waals surface area contributed by atoms with Crippen LogP contribution in [0, 0.1) is 5.82 Å². The Labute approximate surface area is 120 Å². The third-order valence-corrected chi connectivity index (χ3v) is 3.41. The number of hydrogen-bond acceptors (Lipinski definition) is 3. The van der Waals surface area contributed by atoms with Crippen molar-refractivity contribution in [1.82, 2.24) is 4.98 Å². The van der Waals surface area contributed by atoms with Gasteiger partial charge in [-0.3, -0.25) is 0 Å². The Balaban J connectivity index is 1.84. The monoisotopic (exact) mass is 290 g/mol. The molecule has 3 rings (SSSR count). The van der Waals surface area contributed by atoms with Crippen LogP contribution in [-0.4, -0.2) is 4.98 Å². The molecule has 0 aliphatic heterocycles. The van der Waals surface area contributed by atoms with Gasteiger partial charge in [0.2, 0.25) is 0 Å². The molecule has 2 aromatic carbocycles. The maximum Gasteiger partial charge on any atom is 0.197 e. The van der Waals surface area contributed by atoms with Crippen LogP contribution in [0.25, 0.3) is 11.1 Å². The minimum Gasteiger partial charge on any atom is -0.441 e. The minimum absolute atomic E-state index is 0.0859. The molecule has 0 radical (unpaired) electrons. The first kappa shape index (κ1) is 13.1. The average molecular weight is 291 g/mol. The largest absolute Gasteiger partial charge is 0.441 e. The van der Waals surface area contributed by atoms with E-state index in [2.05, 4.69) is 4.98 Å². The van der Waals surface area contributed by atoms with E-state index in [1.807, 2.05) is 24.3 Å². The molecule has 0 aliphatic carbocycles. The van der Waals surface area contributed by atoms with Crippen molar-refractivity contribution in [3.8, 4) is 0 Å². The Hall–Kier alpha value is -1.91. The zero-order chi connectivity index (χ0) is 14.1. The van der Waals surface area contributed by atoms with Crippen LogP contribution in [0.4, 0.5) is 4.39 Å². The van der Waals surface area contributed by atoms with Gasteiger partial charge in [-0.15, -0.1) is 0 Å². The maximum absolute atomic E-state index is 13.4. The summed E-state index contributed by atoms with van der Waals surface area (Å²) < 4.78 is 19.0. The predicted octanol–water partition coefficient (Wildman–Crippen LogP) is 3.86. The molecule has 0 bridgehead atoms. The molecule has 0 fully saturated rings. The first-order chi connectivity index (χ1) is 9.63. The number of halogens is 2. The summed E-state index contributed by atoms with van der Waals surface area (Å²) in [6, 6.07) is 11.6. The third-order valence-electron chi connectivity index (χ3n) is 3.10. The lowest BCUT2D eigenvalue weighted by atomic mass is 10.0. The van der Waals surface area contributed by atoms with E-state index in [9.17, 15) is 4.39 Å². The van der Waals surface area contributed by atoms with Gasteiger partial charge in [0.1, 0.15) is 11.3 Å². The molecule has 0 amide bonds. The highest BCUT2D eigenvalue weighted by atomic mass is 35.5. The molecule has 0 saturated carbocycles. The standard InChI is InChI=1S/C15H12ClFN2O/c16-10-6-5-9(7-11(10)17)12(18)8-15-19-13-3-1-2-4-14(13)20-15/h1-7,12H,8,18H2. The van der Waals surface area contributed by atoms with E-state index in [0.29, 0.717) is 17.9 Å². The van der Waals surface area contributed by atoms with E-state index in [4.69, 9.17) is 21.8 Å². The van der Waals surface area contributed by atoms with E-state index in [0.717, 1.165) is 11.1 Å². The third kappa shape index (κ3) is 2.53. The van der Waals surface area contributed by atoms with Gasteiger partial charge in [0.15, 0.2) is 11.5 Å². The van der Waals surface area contributed by atoms with Gasteiger partial charge in [0.05, 0.1) is 5.02 Å². The molecule has 3 nitrogen and oxygen atoms in total. The highest BCUT2D eigenvalue weighted by molar-refractivity contribution is 6.30. The van der Waals surface area contributed by atoms with Gasteiger partial charge in [-0.05, 0) is 29.8 Å². The van der Waals surface area contributed by atoms with Crippen molar-refractivity contribution in [2.45, 2.75) is 12.5 Å². The van der Waals surface area contributed by atoms with Crippen LogP contribution >= 0.6 is 11.6 Å². The van der Waals surface area contributed by atoms with Crippen LogP contribution in [0.15, 0.2) is 46.9 Å². The van der Waals surface area contributed by atoms with Gasteiger partial charge in [-0.1, -0.05) is 29.8 Å². The summed E-state index contributed by atoms with van der Waals surface area (Å²) in [6.07, 6.45) is 0.399. The normalized spacial score (nSPS) is 12.8. The molecule has 1 aromatic heterocycles. The second kappa shape index (κ2) is 5.23. The summed E-state index contributed by atoms with van der Waals surface area (Å²) in [7, 11) is 0. The minimum atomic E-state index is -0.475. The summed E-state index contributed by atoms with van der Waals surface area (Å²) in [5, 5.41) is 0.0859. The van der Waals surface area contributed by atoms with Crippen LogP contribution in [0.5, 0.6) is 0 Å². The van der Waals surface area contributed by atoms with Crippen LogP contribution in [-0.2, 0) is 6.42 Å². The number of nitrogens with two attached hydrogens (primary N) is 1. The van der Waals surface area contributed by atoms with Crippen LogP contribution < -0.4 is 5.73 Å². The van der Waals surface area contributed by atoms with E-state index in [1.54, 1.807) is 6.07 Å². The highest BCUT2D eigenvalue weighted by Crippen LogP contribution is 2.23. The van der Waals surface area contributed by atoms with Gasteiger partial charge >= 0.3 is 0 Å². The van der Waals surface area contributed by atoms with Crippen molar-refractivity contribution >= 4 is 22.7 Å². The average Bonchev–Trinajstić information content (AvgIpc) is 2.83. The van der Waals surface area contributed by atoms with E-state index >= 15 is 0 Å². The lowest BCUT2D eigenvalue weighted by Gasteiger charge is -2.10. The van der Waals surface area contributed by atoms with Crippen molar-refractivity contribution in [1.29, 1.82) is 0 Å². The van der Waals surface area contributed by atoms with Gasteiger partial charge in [-0.25, -0.2) is 9.37 Å². The summed E-state index contributed by atoms with van der Waals surface area (Å²) in [4.78, 5) is 4.35. The van der Waals surface area contributed by atoms with E-state index in [-0.39, 0.29) is 5.02 Å². The lowest BCUT2D eigenvalue weighted by molar-refractivity contribution is 0.501. The number of benzene rings is 2. The fourth-order valence-corrected chi connectivity index (χ4v) is 2.17. The summed E-state index contributed by atoms with van der Waals surface area (Å²) >= 11 is 5.65. The SMILES string of the molecule is NC(Cc1nc2ccccc2o1)c1ccc(Cl)c(F)c1. The maximum atomic E-state index is 13.4. The van der Waals surface area contributed by atoms with Crippen LogP contribution in [0.1, 0.15) is 17.5 Å². The smallest absolute Gasteiger partial charge is 0.197 e. The van der Waals surface area contributed by atoms with Crippen molar-refractivity contribution in [2.75, 3.05) is 0 Å². The zero-order valence-electron chi connectivity index (χ0n) is 10.5. The first-order valence-corrected chi connectivity index (χ1v) is 6.56. The quantitative estimate of drug-likeness (QED) is 0.797. The van der Waals surface area contributed by atoms with Crippen molar-refractivity contribution in [3.63, 3.8) is 0 Å². The van der Waals surface area contributed by atoms with Crippen LogP contribution in [0.3, 0.4) is 0 Å². The number of aromatic nitrogens is 1. The van der Waals surface area contributed by atoms with E-state index in [1.165, 1.54) is 12.1 Å². The Morgan fingerprint density at radius 2 is 2.05 bits per heavy atom. The van der Waals surface area contributed by atoms with E-state index < -0.39 is 11.9 Å². The Bertz CT molecular complexity index is 723. The second-order valence-corrected chi connectivity index (χ2v) is 4.97. The molecule has 102 valence electrons. The molecule has 1 atom stereocenters. The molecule has 1 unspecified atom stereocenters. The van der Waals surface area contributed by atoms with Gasteiger partial charge in [0.25, 0.3) is 0 Å². The molecule has 5 heteroatoms. The number of fused-ring (bicyclic) bond motifs is 1. The number of oxazole rings is 1. The van der Waals surface area contributed by atoms with Crippen LogP contribution in [0.2, 0.25) is 5.02 Å². The Morgan fingerprint density at radius 1 is 1.25 bits per heavy atom. The number of nitrogens with zero attached hydrogens (tertiary/aromatic N) is 1. The first-order valence-electron chi connectivity index (χ1n) is 6.18. The molecule has 0 aliphatic rings. The summed E-state index contributed by atoms with van der Waals surface area (Å²) in [5.41, 5.74) is 8.23. The molecular formula is C15H12ClFN2O. The Kier molecular flexibility index (Phi) is 3.42. The number of para-hydroxylation sites is 2. The number of hydrogen-bond donors (Lipinski definition) is 1. The molecule has 0 spiro atoms. The fraction of sp³-hybridized carbons (Fsp3) is 0.133. The molecule has 0 saturated heterocycles. The molecule has 1 heterocycles.